The molecule has 0 saturated heterocycles. The van der Waals surface area contributed by atoms with Gasteiger partial charge in [0.1, 0.15) is 5.75 Å². The number of amidine groups is 1. The lowest BCUT2D eigenvalue weighted by atomic mass is 10.2. The number of nitrogens with two attached hydrogens (primary N) is 1. The van der Waals surface area contributed by atoms with Crippen LogP contribution in [0.1, 0.15) is 24.1 Å². The van der Waals surface area contributed by atoms with Crippen molar-refractivity contribution < 1.29 is 4.74 Å². The van der Waals surface area contributed by atoms with E-state index < -0.39 is 0 Å². The molecule has 8 heteroatoms. The fourth-order valence-electron chi connectivity index (χ4n) is 2.82. The average Bonchev–Trinajstić information content (AvgIpc) is 2.70. The molecule has 0 aliphatic carbocycles. The normalized spacial score (nSPS) is 10.4. The van der Waals surface area contributed by atoms with E-state index in [0.717, 1.165) is 52.2 Å². The van der Waals surface area contributed by atoms with Crippen LogP contribution in [-0.4, -0.2) is 27.5 Å². The van der Waals surface area contributed by atoms with Gasteiger partial charge in [-0.2, -0.15) is 0 Å². The number of halogens is 1. The number of hydrogen-bond acceptors (Lipinski definition) is 6. The van der Waals surface area contributed by atoms with Crippen LogP contribution in [0.4, 0.5) is 5.69 Å². The number of pyridine rings is 2. The highest BCUT2D eigenvalue weighted by atomic mass is 35.5. The molecule has 0 radical (unpaired) electrons. The summed E-state index contributed by atoms with van der Waals surface area (Å²) in [5.74, 6) is 1.71. The van der Waals surface area contributed by atoms with Crippen LogP contribution in [0.15, 0.2) is 48.8 Å². The Kier molecular flexibility index (Phi) is 9.02. The minimum absolute atomic E-state index is 0. The van der Waals surface area contributed by atoms with Crippen molar-refractivity contribution in [1.82, 2.24) is 9.97 Å². The number of para-hydroxylation sites is 1. The van der Waals surface area contributed by atoms with Crippen molar-refractivity contribution in [3.8, 4) is 5.75 Å². The number of rotatable bonds is 9. The van der Waals surface area contributed by atoms with Gasteiger partial charge in [0, 0.05) is 22.9 Å². The first-order chi connectivity index (χ1) is 13.6. The summed E-state index contributed by atoms with van der Waals surface area (Å²) >= 11 is 1.37. The van der Waals surface area contributed by atoms with E-state index in [9.17, 15) is 0 Å². The maximum Gasteiger partial charge on any atom is 0.151 e. The summed E-state index contributed by atoms with van der Waals surface area (Å²) in [5, 5.41) is 11.9. The maximum absolute atomic E-state index is 7.19. The van der Waals surface area contributed by atoms with Gasteiger partial charge in [-0.15, -0.1) is 12.4 Å². The predicted molar refractivity (Wildman–Crippen MR) is 124 cm³/mol. The number of unbranched alkanes of at least 4 members (excludes halogenated alkanes) is 1. The summed E-state index contributed by atoms with van der Waals surface area (Å²) in [6.45, 7) is 3.28. The summed E-state index contributed by atoms with van der Waals surface area (Å²) in [7, 11) is 0. The molecule has 0 bridgehead atoms. The molecule has 2 aromatic heterocycles. The molecule has 0 saturated carbocycles. The molecular weight excluding hydrogens is 406 g/mol. The summed E-state index contributed by atoms with van der Waals surface area (Å²) in [6, 6.07) is 12.1. The molecule has 0 atom stereocenters. The molecule has 0 spiro atoms. The van der Waals surface area contributed by atoms with Gasteiger partial charge in [0.15, 0.2) is 5.17 Å². The average molecular weight is 432 g/mol. The third-order valence-corrected chi connectivity index (χ3v) is 5.17. The van der Waals surface area contributed by atoms with Crippen LogP contribution in [0.3, 0.4) is 0 Å². The molecule has 1 aromatic carbocycles. The Morgan fingerprint density at radius 2 is 2.03 bits per heavy atom. The Morgan fingerprint density at radius 1 is 1.21 bits per heavy atom. The molecule has 0 amide bonds. The van der Waals surface area contributed by atoms with Gasteiger partial charge in [0.05, 0.1) is 36.2 Å². The van der Waals surface area contributed by atoms with E-state index in [4.69, 9.17) is 15.9 Å². The summed E-state index contributed by atoms with van der Waals surface area (Å²) < 4.78 is 5.92. The van der Waals surface area contributed by atoms with E-state index in [1.165, 1.54) is 11.8 Å². The summed E-state index contributed by atoms with van der Waals surface area (Å²) in [5.41, 5.74) is 9.28. The molecule has 0 aliphatic heterocycles. The van der Waals surface area contributed by atoms with Gasteiger partial charge in [-0.25, -0.2) is 0 Å². The topological polar surface area (TPSA) is 96.9 Å². The number of anilines is 1. The molecule has 29 heavy (non-hydrogen) atoms. The van der Waals surface area contributed by atoms with Crippen LogP contribution in [0.25, 0.3) is 10.9 Å². The number of hydrogen-bond donors (Lipinski definition) is 3. The number of thioether (sulfide) groups is 1. The van der Waals surface area contributed by atoms with Crippen molar-refractivity contribution in [2.45, 2.75) is 26.3 Å². The zero-order chi connectivity index (χ0) is 19.8. The molecule has 0 unspecified atom stereocenters. The van der Waals surface area contributed by atoms with E-state index in [1.54, 1.807) is 6.20 Å². The molecule has 3 rings (SSSR count). The Hall–Kier alpha value is -2.51. The van der Waals surface area contributed by atoms with Crippen molar-refractivity contribution in [1.29, 1.82) is 5.41 Å². The Balaban J connectivity index is 0.00000300. The fraction of sp³-hybridized carbons (Fsp3) is 0.286. The molecular formula is C21H26ClN5OS. The van der Waals surface area contributed by atoms with Gasteiger partial charge in [0.25, 0.3) is 0 Å². The minimum atomic E-state index is 0. The van der Waals surface area contributed by atoms with Gasteiger partial charge < -0.3 is 15.8 Å². The van der Waals surface area contributed by atoms with Gasteiger partial charge in [-0.3, -0.25) is 15.4 Å². The number of benzene rings is 1. The zero-order valence-corrected chi connectivity index (χ0v) is 18.0. The van der Waals surface area contributed by atoms with E-state index in [2.05, 4.69) is 27.4 Å². The van der Waals surface area contributed by atoms with Crippen molar-refractivity contribution in [3.05, 3.63) is 60.0 Å². The van der Waals surface area contributed by atoms with Crippen molar-refractivity contribution in [2.24, 2.45) is 5.73 Å². The highest BCUT2D eigenvalue weighted by Crippen LogP contribution is 2.22. The SMILES string of the molecule is Cc1c(OCCCCSC(=N)N)ccnc1CNc1cnc2ccccc2c1.Cl. The molecule has 4 N–H and O–H groups in total. The zero-order valence-electron chi connectivity index (χ0n) is 16.4. The standard InChI is InChI=1S/C21H25N5OS.ClH/c1-15-19(14-25-17-12-16-6-2-3-7-18(16)26-13-17)24-9-8-20(15)27-10-4-5-11-28-21(22)23;/h2-3,6-9,12-13,25H,4-5,10-11,14H2,1H3,(H3,22,23);1H. The van der Waals surface area contributed by atoms with Crippen molar-refractivity contribution in [3.63, 3.8) is 0 Å². The van der Waals surface area contributed by atoms with Crippen LogP contribution in [-0.2, 0) is 6.54 Å². The second kappa shape index (κ2) is 11.5. The first-order valence-corrected chi connectivity index (χ1v) is 10.2. The van der Waals surface area contributed by atoms with Crippen LogP contribution >= 0.6 is 24.2 Å². The smallest absolute Gasteiger partial charge is 0.151 e. The third-order valence-electron chi connectivity index (χ3n) is 4.36. The molecule has 3 aromatic rings. The van der Waals surface area contributed by atoms with Gasteiger partial charge in [0.2, 0.25) is 0 Å². The number of nitrogens with one attached hydrogen (secondary N) is 2. The number of nitrogens with zero attached hydrogens (tertiary/aromatic N) is 2. The Morgan fingerprint density at radius 3 is 2.86 bits per heavy atom. The van der Waals surface area contributed by atoms with Gasteiger partial charge in [-0.05, 0) is 38.0 Å². The van der Waals surface area contributed by atoms with Crippen LogP contribution in [0, 0.1) is 12.3 Å². The summed E-state index contributed by atoms with van der Waals surface area (Å²) in [4.78, 5) is 8.97. The van der Waals surface area contributed by atoms with Gasteiger partial charge in [-0.1, -0.05) is 30.0 Å². The molecule has 6 nitrogen and oxygen atoms in total. The third kappa shape index (κ3) is 6.80. The van der Waals surface area contributed by atoms with E-state index in [-0.39, 0.29) is 17.6 Å². The van der Waals surface area contributed by atoms with Crippen LogP contribution in [0.5, 0.6) is 5.75 Å². The Labute approximate surface area is 181 Å². The molecule has 154 valence electrons. The van der Waals surface area contributed by atoms with E-state index in [0.29, 0.717) is 13.2 Å². The quantitative estimate of drug-likeness (QED) is 0.257. The Bertz CT molecular complexity index is 953. The fourth-order valence-corrected chi connectivity index (χ4v) is 3.38. The number of aromatic nitrogens is 2. The van der Waals surface area contributed by atoms with Gasteiger partial charge >= 0.3 is 0 Å². The maximum atomic E-state index is 7.19. The van der Waals surface area contributed by atoms with Crippen molar-refractivity contribution in [2.75, 3.05) is 17.7 Å². The molecule has 2 heterocycles. The molecule has 0 fully saturated rings. The van der Waals surface area contributed by atoms with E-state index in [1.807, 2.05) is 37.4 Å². The highest BCUT2D eigenvalue weighted by Gasteiger charge is 2.07. The lowest BCUT2D eigenvalue weighted by molar-refractivity contribution is 0.307. The second-order valence-electron chi connectivity index (χ2n) is 6.42. The number of ether oxygens (including phenoxy) is 1. The lowest BCUT2D eigenvalue weighted by Crippen LogP contribution is -2.07. The van der Waals surface area contributed by atoms with Crippen LogP contribution < -0.4 is 15.8 Å². The largest absolute Gasteiger partial charge is 0.493 e. The second-order valence-corrected chi connectivity index (χ2v) is 7.56. The predicted octanol–water partition coefficient (Wildman–Crippen LogP) is 4.76. The molecule has 0 aliphatic rings. The monoisotopic (exact) mass is 431 g/mol. The minimum Gasteiger partial charge on any atom is -0.493 e. The van der Waals surface area contributed by atoms with Crippen LogP contribution in [0.2, 0.25) is 0 Å². The van der Waals surface area contributed by atoms with E-state index >= 15 is 0 Å². The number of fused-ring (bicyclic) bond motifs is 1. The first kappa shape index (κ1) is 22.8. The summed E-state index contributed by atoms with van der Waals surface area (Å²) in [6.07, 6.45) is 5.52. The first-order valence-electron chi connectivity index (χ1n) is 9.26. The highest BCUT2D eigenvalue weighted by molar-refractivity contribution is 8.13. The van der Waals surface area contributed by atoms with Crippen molar-refractivity contribution >= 4 is 45.9 Å². The lowest BCUT2D eigenvalue weighted by Gasteiger charge is -2.13.